The second-order valence-corrected chi connectivity index (χ2v) is 5.28. The Morgan fingerprint density at radius 2 is 2.10 bits per heavy atom. The summed E-state index contributed by atoms with van der Waals surface area (Å²) in [6, 6.07) is 8.46. The minimum absolute atomic E-state index is 0.268. The van der Waals surface area contributed by atoms with Gasteiger partial charge in [-0.1, -0.05) is 19.1 Å². The Morgan fingerprint density at radius 3 is 2.90 bits per heavy atom. The Kier molecular flexibility index (Phi) is 6.15. The Bertz CT molecular complexity index is 398. The van der Waals surface area contributed by atoms with Gasteiger partial charge in [0.2, 0.25) is 0 Å². The second kappa shape index (κ2) is 8.12. The lowest BCUT2D eigenvalue weighted by atomic mass is 10.1. The van der Waals surface area contributed by atoms with Crippen LogP contribution in [0.5, 0.6) is 5.75 Å². The lowest BCUT2D eigenvalue weighted by molar-refractivity contribution is 0.101. The van der Waals surface area contributed by atoms with Crippen LogP contribution >= 0.6 is 0 Å². The van der Waals surface area contributed by atoms with Gasteiger partial charge in [0.15, 0.2) is 0 Å². The first kappa shape index (κ1) is 15.1. The van der Waals surface area contributed by atoms with Crippen molar-refractivity contribution in [2.24, 2.45) is 5.73 Å². The Hall–Kier alpha value is -1.26. The molecule has 0 aromatic heterocycles. The predicted octanol–water partition coefficient (Wildman–Crippen LogP) is 2.42. The number of para-hydroxylation sites is 2. The molecule has 1 heterocycles. The summed E-state index contributed by atoms with van der Waals surface area (Å²) in [5.74, 6) is 0.932. The molecule has 0 aliphatic carbocycles. The molecule has 112 valence electrons. The monoisotopic (exact) mass is 278 g/mol. The van der Waals surface area contributed by atoms with Crippen molar-refractivity contribution in [2.75, 3.05) is 37.8 Å². The molecule has 0 radical (unpaired) electrons. The van der Waals surface area contributed by atoms with Crippen LogP contribution in [0.15, 0.2) is 24.3 Å². The molecule has 0 saturated carbocycles. The van der Waals surface area contributed by atoms with E-state index in [0.29, 0.717) is 13.2 Å². The first-order chi connectivity index (χ1) is 9.81. The number of hydrogen-bond donors (Lipinski definition) is 1. The molecular formula is C16H26N2O2. The Morgan fingerprint density at radius 1 is 1.25 bits per heavy atom. The Labute approximate surface area is 121 Å². The van der Waals surface area contributed by atoms with Crippen molar-refractivity contribution in [2.45, 2.75) is 32.2 Å². The van der Waals surface area contributed by atoms with Gasteiger partial charge in [-0.3, -0.25) is 0 Å². The molecule has 20 heavy (non-hydrogen) atoms. The molecule has 1 aromatic carbocycles. The van der Waals surface area contributed by atoms with E-state index in [1.165, 1.54) is 0 Å². The average Bonchev–Trinajstić information content (AvgIpc) is 2.47. The van der Waals surface area contributed by atoms with Gasteiger partial charge in [0.1, 0.15) is 12.4 Å². The van der Waals surface area contributed by atoms with Gasteiger partial charge < -0.3 is 20.1 Å². The maximum Gasteiger partial charge on any atom is 0.142 e. The first-order valence-electron chi connectivity index (χ1n) is 7.61. The van der Waals surface area contributed by atoms with Crippen LogP contribution in [0.2, 0.25) is 0 Å². The van der Waals surface area contributed by atoms with Crippen molar-refractivity contribution in [1.82, 2.24) is 0 Å². The zero-order valence-corrected chi connectivity index (χ0v) is 12.4. The third-order valence-corrected chi connectivity index (χ3v) is 3.50. The van der Waals surface area contributed by atoms with Crippen LogP contribution in [0.4, 0.5) is 5.69 Å². The highest BCUT2D eigenvalue weighted by atomic mass is 16.5. The summed E-state index contributed by atoms with van der Waals surface area (Å²) in [7, 11) is 0. The smallest absolute Gasteiger partial charge is 0.142 e. The molecule has 0 spiro atoms. The van der Waals surface area contributed by atoms with E-state index in [2.05, 4.69) is 24.0 Å². The van der Waals surface area contributed by atoms with E-state index in [4.69, 9.17) is 15.2 Å². The lowest BCUT2D eigenvalue weighted by Crippen LogP contribution is -2.43. The lowest BCUT2D eigenvalue weighted by Gasteiger charge is -2.33. The number of nitrogens with two attached hydrogens (primary N) is 1. The van der Waals surface area contributed by atoms with E-state index >= 15 is 0 Å². The summed E-state index contributed by atoms with van der Waals surface area (Å²) >= 11 is 0. The summed E-state index contributed by atoms with van der Waals surface area (Å²) in [6.07, 6.45) is 3.31. The maximum absolute atomic E-state index is 6.07. The minimum atomic E-state index is 0.268. The highest BCUT2D eigenvalue weighted by Gasteiger charge is 2.19. The van der Waals surface area contributed by atoms with E-state index in [1.54, 1.807) is 0 Å². The van der Waals surface area contributed by atoms with Gasteiger partial charge in [0, 0.05) is 25.7 Å². The molecule has 1 atom stereocenters. The summed E-state index contributed by atoms with van der Waals surface area (Å²) in [5, 5.41) is 0. The Balaban J connectivity index is 1.91. The molecule has 1 aromatic rings. The number of anilines is 1. The molecule has 1 aliphatic rings. The molecule has 1 fully saturated rings. The van der Waals surface area contributed by atoms with Gasteiger partial charge in [0.05, 0.1) is 12.3 Å². The van der Waals surface area contributed by atoms with Gasteiger partial charge >= 0.3 is 0 Å². The fourth-order valence-corrected chi connectivity index (χ4v) is 2.53. The first-order valence-corrected chi connectivity index (χ1v) is 7.61. The third-order valence-electron chi connectivity index (χ3n) is 3.50. The van der Waals surface area contributed by atoms with E-state index in [1.807, 2.05) is 12.1 Å². The number of piperidine rings is 1. The van der Waals surface area contributed by atoms with E-state index in [9.17, 15) is 0 Å². The predicted molar refractivity (Wildman–Crippen MR) is 82.5 cm³/mol. The second-order valence-electron chi connectivity index (χ2n) is 5.28. The van der Waals surface area contributed by atoms with Gasteiger partial charge in [-0.25, -0.2) is 0 Å². The summed E-state index contributed by atoms with van der Waals surface area (Å²) in [5.41, 5.74) is 7.22. The van der Waals surface area contributed by atoms with Crippen LogP contribution in [-0.4, -0.2) is 39.0 Å². The summed E-state index contributed by atoms with van der Waals surface area (Å²) < 4.78 is 11.3. The fourth-order valence-electron chi connectivity index (χ4n) is 2.53. The summed E-state index contributed by atoms with van der Waals surface area (Å²) in [6.45, 7) is 6.10. The van der Waals surface area contributed by atoms with Crippen molar-refractivity contribution in [3.05, 3.63) is 24.3 Å². The normalized spacial score (nSPS) is 19.1. The topological polar surface area (TPSA) is 47.7 Å². The van der Waals surface area contributed by atoms with Crippen molar-refractivity contribution < 1.29 is 9.47 Å². The number of ether oxygens (including phenoxy) is 2. The third kappa shape index (κ3) is 4.39. The molecule has 2 rings (SSSR count). The van der Waals surface area contributed by atoms with Crippen LogP contribution in [0.1, 0.15) is 26.2 Å². The van der Waals surface area contributed by atoms with Gasteiger partial charge in [-0.05, 0) is 31.4 Å². The quantitative estimate of drug-likeness (QED) is 0.778. The van der Waals surface area contributed by atoms with Crippen molar-refractivity contribution in [3.63, 3.8) is 0 Å². The molecule has 2 N–H and O–H groups in total. The maximum atomic E-state index is 6.07. The number of hydrogen-bond acceptors (Lipinski definition) is 4. The van der Waals surface area contributed by atoms with E-state index in [0.717, 1.165) is 50.4 Å². The highest BCUT2D eigenvalue weighted by molar-refractivity contribution is 5.58. The molecule has 1 unspecified atom stereocenters. The van der Waals surface area contributed by atoms with E-state index < -0.39 is 0 Å². The standard InChI is InChI=1S/C16H26N2O2/c1-2-10-19-11-12-20-16-8-4-3-7-15(16)18-9-5-6-14(17)13-18/h3-4,7-8,14H,2,5-6,9-13,17H2,1H3. The largest absolute Gasteiger partial charge is 0.489 e. The van der Waals surface area contributed by atoms with Crippen LogP contribution in [0.3, 0.4) is 0 Å². The van der Waals surface area contributed by atoms with Crippen LogP contribution in [-0.2, 0) is 4.74 Å². The van der Waals surface area contributed by atoms with E-state index in [-0.39, 0.29) is 6.04 Å². The van der Waals surface area contributed by atoms with Gasteiger partial charge in [0.25, 0.3) is 0 Å². The highest BCUT2D eigenvalue weighted by Crippen LogP contribution is 2.29. The molecule has 1 aliphatic heterocycles. The van der Waals surface area contributed by atoms with Crippen LogP contribution in [0, 0.1) is 0 Å². The molecule has 0 amide bonds. The number of nitrogens with zero attached hydrogens (tertiary/aromatic N) is 1. The van der Waals surface area contributed by atoms with Crippen molar-refractivity contribution in [3.8, 4) is 5.75 Å². The zero-order valence-electron chi connectivity index (χ0n) is 12.4. The van der Waals surface area contributed by atoms with Gasteiger partial charge in [-0.2, -0.15) is 0 Å². The SMILES string of the molecule is CCCOCCOc1ccccc1N1CCCC(N)C1. The van der Waals surface area contributed by atoms with Crippen LogP contribution < -0.4 is 15.4 Å². The fraction of sp³-hybridized carbons (Fsp3) is 0.625. The molecule has 1 saturated heterocycles. The summed E-state index contributed by atoms with van der Waals surface area (Å²) in [4.78, 5) is 2.33. The molecular weight excluding hydrogens is 252 g/mol. The molecule has 4 heteroatoms. The number of rotatable bonds is 7. The average molecular weight is 278 g/mol. The molecule has 4 nitrogen and oxygen atoms in total. The molecule has 0 bridgehead atoms. The number of benzene rings is 1. The van der Waals surface area contributed by atoms with Gasteiger partial charge in [-0.15, -0.1) is 0 Å². The van der Waals surface area contributed by atoms with Crippen molar-refractivity contribution >= 4 is 5.69 Å². The minimum Gasteiger partial charge on any atom is -0.489 e. The van der Waals surface area contributed by atoms with Crippen molar-refractivity contribution in [1.29, 1.82) is 0 Å². The zero-order chi connectivity index (χ0) is 14.2. The van der Waals surface area contributed by atoms with Crippen LogP contribution in [0.25, 0.3) is 0 Å².